The van der Waals surface area contributed by atoms with Crippen molar-refractivity contribution in [2.75, 3.05) is 12.4 Å². The molecule has 1 fully saturated rings. The number of aromatic nitrogens is 1. The molecule has 2 heterocycles. The average molecular weight is 268 g/mol. The van der Waals surface area contributed by atoms with Gasteiger partial charge in [-0.1, -0.05) is 0 Å². The Morgan fingerprint density at radius 1 is 1.65 bits per heavy atom. The highest BCUT2D eigenvalue weighted by Crippen LogP contribution is 2.31. The van der Waals surface area contributed by atoms with E-state index in [0.29, 0.717) is 6.42 Å². The summed E-state index contributed by atoms with van der Waals surface area (Å²) in [5, 5.41) is 11.7. The van der Waals surface area contributed by atoms with Gasteiger partial charge in [-0.05, 0) is 25.0 Å². The number of unbranched alkanes of at least 4 members (excludes halogenated alkanes) is 1. The molecule has 1 aromatic heterocycles. The molecule has 3 nitrogen and oxygen atoms in total. The fourth-order valence-electron chi connectivity index (χ4n) is 1.74. The van der Waals surface area contributed by atoms with Gasteiger partial charge in [-0.25, -0.2) is 4.98 Å². The van der Waals surface area contributed by atoms with E-state index >= 15 is 0 Å². The highest BCUT2D eigenvalue weighted by molar-refractivity contribution is 7.98. The summed E-state index contributed by atoms with van der Waals surface area (Å²) in [4.78, 5) is 4.62. The second kappa shape index (κ2) is 7.00. The van der Waals surface area contributed by atoms with E-state index in [9.17, 15) is 0 Å². The highest BCUT2D eigenvalue weighted by atomic mass is 32.2. The van der Waals surface area contributed by atoms with Crippen LogP contribution in [0.2, 0.25) is 0 Å². The van der Waals surface area contributed by atoms with Crippen molar-refractivity contribution >= 4 is 23.1 Å². The van der Waals surface area contributed by atoms with Gasteiger partial charge in [-0.3, -0.25) is 0 Å². The first-order valence-corrected chi connectivity index (χ1v) is 7.94. The van der Waals surface area contributed by atoms with Crippen LogP contribution in [0.3, 0.4) is 0 Å². The summed E-state index contributed by atoms with van der Waals surface area (Å²) >= 11 is 3.57. The minimum Gasteiger partial charge on any atom is -0.371 e. The topological polar surface area (TPSA) is 45.9 Å². The normalized spacial score (nSPS) is 19.4. The smallest absolute Gasteiger partial charge is 0.122 e. The molecule has 1 aromatic rings. The zero-order valence-corrected chi connectivity index (χ0v) is 11.4. The lowest BCUT2D eigenvalue weighted by molar-refractivity contribution is 0.111. The lowest BCUT2D eigenvalue weighted by Gasteiger charge is -2.03. The van der Waals surface area contributed by atoms with Gasteiger partial charge in [-0.2, -0.15) is 17.0 Å². The van der Waals surface area contributed by atoms with Gasteiger partial charge in [0.25, 0.3) is 0 Å². The Balaban J connectivity index is 1.72. The quantitative estimate of drug-likeness (QED) is 0.740. The third-order valence-electron chi connectivity index (χ3n) is 2.60. The van der Waals surface area contributed by atoms with Crippen molar-refractivity contribution in [2.24, 2.45) is 0 Å². The van der Waals surface area contributed by atoms with Crippen molar-refractivity contribution in [3.8, 4) is 6.07 Å². The van der Waals surface area contributed by atoms with Crippen LogP contribution in [0, 0.1) is 11.3 Å². The molecule has 0 radical (unpaired) electrons. The SMILES string of the molecule is N#CCCCSCc1csc(C2CCCO2)n1. The first kappa shape index (κ1) is 12.9. The van der Waals surface area contributed by atoms with Crippen LogP contribution < -0.4 is 0 Å². The molecule has 0 aliphatic carbocycles. The third kappa shape index (κ3) is 3.98. The van der Waals surface area contributed by atoms with Gasteiger partial charge in [0, 0.05) is 24.2 Å². The Labute approximate surface area is 110 Å². The summed E-state index contributed by atoms with van der Waals surface area (Å²) in [6.45, 7) is 0.877. The molecule has 2 rings (SSSR count). The molecule has 0 bridgehead atoms. The maximum Gasteiger partial charge on any atom is 0.122 e. The Hall–Kier alpha value is -0.570. The molecule has 5 heteroatoms. The number of hydrogen-bond acceptors (Lipinski definition) is 5. The lowest BCUT2D eigenvalue weighted by atomic mass is 10.2. The monoisotopic (exact) mass is 268 g/mol. The molecule has 0 aromatic carbocycles. The predicted molar refractivity (Wildman–Crippen MR) is 71.1 cm³/mol. The second-order valence-corrected chi connectivity index (χ2v) is 5.99. The Morgan fingerprint density at radius 2 is 2.59 bits per heavy atom. The zero-order valence-electron chi connectivity index (χ0n) is 9.72. The molecule has 17 heavy (non-hydrogen) atoms. The van der Waals surface area contributed by atoms with Crippen molar-refractivity contribution in [1.82, 2.24) is 4.98 Å². The molecular weight excluding hydrogens is 252 g/mol. The van der Waals surface area contributed by atoms with Crippen LogP contribution in [0.5, 0.6) is 0 Å². The number of rotatable bonds is 6. The van der Waals surface area contributed by atoms with Gasteiger partial charge >= 0.3 is 0 Å². The zero-order chi connectivity index (χ0) is 11.9. The summed E-state index contributed by atoms with van der Waals surface area (Å²) in [5.74, 6) is 2.00. The van der Waals surface area contributed by atoms with Crippen molar-refractivity contribution < 1.29 is 4.74 Å². The Bertz CT molecular complexity index is 380. The summed E-state index contributed by atoms with van der Waals surface area (Å²) in [5.41, 5.74) is 1.16. The van der Waals surface area contributed by atoms with Gasteiger partial charge in [0.2, 0.25) is 0 Å². The van der Waals surface area contributed by atoms with Crippen LogP contribution in [0.4, 0.5) is 0 Å². The van der Waals surface area contributed by atoms with E-state index in [0.717, 1.165) is 48.1 Å². The number of thioether (sulfide) groups is 1. The number of nitrogens with zero attached hydrogens (tertiary/aromatic N) is 2. The van der Waals surface area contributed by atoms with Gasteiger partial charge in [0.15, 0.2) is 0 Å². The maximum absolute atomic E-state index is 8.42. The number of ether oxygens (including phenoxy) is 1. The van der Waals surface area contributed by atoms with Gasteiger partial charge in [-0.15, -0.1) is 11.3 Å². The van der Waals surface area contributed by atoms with Crippen LogP contribution in [0.1, 0.15) is 42.5 Å². The molecule has 1 saturated heterocycles. The standard InChI is InChI=1S/C12H16N2OS2/c13-5-1-2-7-16-8-10-9-17-12(14-10)11-4-3-6-15-11/h9,11H,1-4,6-8H2. The van der Waals surface area contributed by atoms with E-state index in [1.54, 1.807) is 11.3 Å². The van der Waals surface area contributed by atoms with E-state index < -0.39 is 0 Å². The van der Waals surface area contributed by atoms with E-state index in [1.807, 2.05) is 11.8 Å². The fraction of sp³-hybridized carbons (Fsp3) is 0.667. The molecule has 1 unspecified atom stereocenters. The van der Waals surface area contributed by atoms with E-state index in [1.165, 1.54) is 0 Å². The fourth-order valence-corrected chi connectivity index (χ4v) is 3.60. The highest BCUT2D eigenvalue weighted by Gasteiger charge is 2.20. The van der Waals surface area contributed by atoms with E-state index in [4.69, 9.17) is 10.00 Å². The molecular formula is C12H16N2OS2. The maximum atomic E-state index is 8.42. The summed E-state index contributed by atoms with van der Waals surface area (Å²) < 4.78 is 5.61. The Kier molecular flexibility index (Phi) is 5.30. The molecule has 92 valence electrons. The molecule has 0 saturated carbocycles. The molecule has 0 amide bonds. The van der Waals surface area contributed by atoms with Gasteiger partial charge in [0.1, 0.15) is 11.1 Å². The predicted octanol–water partition coefficient (Wildman–Crippen LogP) is 3.53. The van der Waals surface area contributed by atoms with Crippen LogP contribution in [-0.4, -0.2) is 17.3 Å². The molecule has 1 aliphatic rings. The van der Waals surface area contributed by atoms with E-state index in [2.05, 4.69) is 16.4 Å². The molecule has 0 N–H and O–H groups in total. The number of thiazole rings is 1. The van der Waals surface area contributed by atoms with Crippen molar-refractivity contribution in [2.45, 2.75) is 37.5 Å². The van der Waals surface area contributed by atoms with Crippen molar-refractivity contribution in [1.29, 1.82) is 5.26 Å². The third-order valence-corrected chi connectivity index (χ3v) is 4.66. The van der Waals surface area contributed by atoms with Gasteiger partial charge < -0.3 is 4.74 Å². The summed E-state index contributed by atoms with van der Waals surface area (Å²) in [7, 11) is 0. The molecule has 0 spiro atoms. The largest absolute Gasteiger partial charge is 0.371 e. The van der Waals surface area contributed by atoms with Crippen molar-refractivity contribution in [3.63, 3.8) is 0 Å². The van der Waals surface area contributed by atoms with E-state index in [-0.39, 0.29) is 6.10 Å². The van der Waals surface area contributed by atoms with Crippen LogP contribution in [0.15, 0.2) is 5.38 Å². The van der Waals surface area contributed by atoms with Crippen LogP contribution in [0.25, 0.3) is 0 Å². The molecule has 1 atom stereocenters. The number of hydrogen-bond donors (Lipinski definition) is 0. The first-order chi connectivity index (χ1) is 8.40. The number of nitriles is 1. The first-order valence-electron chi connectivity index (χ1n) is 5.91. The van der Waals surface area contributed by atoms with Crippen LogP contribution >= 0.6 is 23.1 Å². The van der Waals surface area contributed by atoms with Crippen molar-refractivity contribution in [3.05, 3.63) is 16.1 Å². The lowest BCUT2D eigenvalue weighted by Crippen LogP contribution is -1.95. The minimum atomic E-state index is 0.248. The molecule has 1 aliphatic heterocycles. The summed E-state index contributed by atoms with van der Waals surface area (Å²) in [6, 6.07) is 2.16. The van der Waals surface area contributed by atoms with Gasteiger partial charge in [0.05, 0.1) is 11.8 Å². The second-order valence-electron chi connectivity index (χ2n) is 3.99. The summed E-state index contributed by atoms with van der Waals surface area (Å²) in [6.07, 6.45) is 4.15. The Morgan fingerprint density at radius 3 is 3.35 bits per heavy atom. The average Bonchev–Trinajstić information content (AvgIpc) is 2.99. The van der Waals surface area contributed by atoms with Crippen LogP contribution in [-0.2, 0) is 10.5 Å². The minimum absolute atomic E-state index is 0.248.